The van der Waals surface area contributed by atoms with Crippen molar-refractivity contribution in [2.24, 2.45) is 0 Å². The summed E-state index contributed by atoms with van der Waals surface area (Å²) in [5.74, 6) is 0. The van der Waals surface area contributed by atoms with E-state index in [4.69, 9.17) is 28.6 Å². The van der Waals surface area contributed by atoms with Crippen molar-refractivity contribution in [3.63, 3.8) is 0 Å². The molecule has 1 aliphatic rings. The van der Waals surface area contributed by atoms with Crippen molar-refractivity contribution in [2.45, 2.75) is 39.3 Å². The molecule has 1 aromatic carbocycles. The zero-order valence-electron chi connectivity index (χ0n) is 15.6. The normalized spacial score (nSPS) is 15.8. The molecule has 6 heteroatoms. The Hall–Kier alpha value is -0.880. The molecule has 0 amide bonds. The van der Waals surface area contributed by atoms with Crippen LogP contribution in [0.5, 0.6) is 0 Å². The number of hydrogen-bond donors (Lipinski definition) is 1. The van der Waals surface area contributed by atoms with E-state index in [2.05, 4.69) is 48.0 Å². The summed E-state index contributed by atoms with van der Waals surface area (Å²) in [6.07, 6.45) is 1.08. The third kappa shape index (κ3) is 7.90. The Balaban J connectivity index is 1.92. The molecule has 1 aromatic rings. The Morgan fingerprint density at radius 1 is 1.24 bits per heavy atom. The third-order valence-corrected chi connectivity index (χ3v) is 4.67. The molecule has 25 heavy (non-hydrogen) atoms. The van der Waals surface area contributed by atoms with Gasteiger partial charge in [-0.2, -0.15) is 0 Å². The fourth-order valence-electron chi connectivity index (χ4n) is 2.77. The topological polar surface area (TPSA) is 27.7 Å². The lowest BCUT2D eigenvalue weighted by Crippen LogP contribution is -2.48. The summed E-state index contributed by atoms with van der Waals surface area (Å²) in [6.45, 7) is 13.0. The van der Waals surface area contributed by atoms with Gasteiger partial charge in [-0.15, -0.1) is 0 Å². The molecule has 4 nitrogen and oxygen atoms in total. The molecule has 0 atom stereocenters. The van der Waals surface area contributed by atoms with Crippen molar-refractivity contribution in [3.05, 3.63) is 34.9 Å². The van der Waals surface area contributed by atoms with Crippen molar-refractivity contribution in [1.82, 2.24) is 15.1 Å². The third-order valence-electron chi connectivity index (χ3n) is 4.06. The molecule has 0 unspecified atom stereocenters. The maximum atomic E-state index is 6.00. The van der Waals surface area contributed by atoms with Gasteiger partial charge in [-0.05, 0) is 57.1 Å². The molecule has 1 saturated heterocycles. The molecule has 0 spiro atoms. The first-order valence-electron chi connectivity index (χ1n) is 8.95. The highest BCUT2D eigenvalue weighted by molar-refractivity contribution is 7.80. The van der Waals surface area contributed by atoms with Crippen molar-refractivity contribution in [2.75, 3.05) is 39.4 Å². The van der Waals surface area contributed by atoms with E-state index in [1.807, 2.05) is 12.1 Å². The molecular weight excluding hydrogens is 354 g/mol. The van der Waals surface area contributed by atoms with Crippen LogP contribution in [-0.4, -0.2) is 59.8 Å². The van der Waals surface area contributed by atoms with E-state index in [1.54, 1.807) is 0 Å². The van der Waals surface area contributed by atoms with Crippen LogP contribution in [0.2, 0.25) is 5.02 Å². The maximum absolute atomic E-state index is 6.00. The van der Waals surface area contributed by atoms with Gasteiger partial charge in [-0.3, -0.25) is 4.90 Å². The van der Waals surface area contributed by atoms with Crippen LogP contribution in [0, 0.1) is 0 Å². The number of rotatable bonds is 6. The number of halogens is 1. The highest BCUT2D eigenvalue weighted by Gasteiger charge is 2.17. The van der Waals surface area contributed by atoms with E-state index < -0.39 is 0 Å². The number of hydrogen-bond acceptors (Lipinski definition) is 3. The predicted octanol–water partition coefficient (Wildman–Crippen LogP) is 3.54. The first-order chi connectivity index (χ1) is 11.8. The average Bonchev–Trinajstić information content (AvgIpc) is 2.55. The molecule has 1 heterocycles. The summed E-state index contributed by atoms with van der Waals surface area (Å²) in [5.41, 5.74) is 1.17. The minimum absolute atomic E-state index is 0.0421. The van der Waals surface area contributed by atoms with Crippen LogP contribution in [0.4, 0.5) is 0 Å². The van der Waals surface area contributed by atoms with Crippen molar-refractivity contribution in [1.29, 1.82) is 0 Å². The first kappa shape index (κ1) is 20.4. The number of nitrogens with one attached hydrogen (secondary N) is 1. The lowest BCUT2D eigenvalue weighted by Gasteiger charge is -2.32. The van der Waals surface area contributed by atoms with Crippen LogP contribution in [-0.2, 0) is 11.3 Å². The van der Waals surface area contributed by atoms with E-state index in [1.165, 1.54) is 5.56 Å². The van der Waals surface area contributed by atoms with Crippen LogP contribution in [0.25, 0.3) is 0 Å². The van der Waals surface area contributed by atoms with Crippen molar-refractivity contribution in [3.8, 4) is 0 Å². The highest BCUT2D eigenvalue weighted by atomic mass is 35.5. The standard InChI is InChI=1S/C19H30ClN3OS/c1-19(2,3)21-18(25)23(15-16-5-7-17(20)8-6-16)10-4-9-22-11-13-24-14-12-22/h5-8H,4,9-15H2,1-3H3,(H,21,25). The van der Waals surface area contributed by atoms with E-state index in [9.17, 15) is 0 Å². The van der Waals surface area contributed by atoms with Crippen LogP contribution in [0.15, 0.2) is 24.3 Å². The fourth-order valence-corrected chi connectivity index (χ4v) is 3.36. The summed E-state index contributed by atoms with van der Waals surface area (Å²) < 4.78 is 5.42. The molecule has 1 fully saturated rings. The van der Waals surface area contributed by atoms with Crippen LogP contribution in [0.1, 0.15) is 32.8 Å². The monoisotopic (exact) mass is 383 g/mol. The van der Waals surface area contributed by atoms with Crippen molar-refractivity contribution < 1.29 is 4.74 Å². The van der Waals surface area contributed by atoms with Crippen LogP contribution < -0.4 is 5.32 Å². The Morgan fingerprint density at radius 3 is 2.48 bits per heavy atom. The van der Waals surface area contributed by atoms with Gasteiger partial charge < -0.3 is 15.0 Å². The second kappa shape index (κ2) is 9.72. The van der Waals surface area contributed by atoms with Gasteiger partial charge in [-0.25, -0.2) is 0 Å². The van der Waals surface area contributed by atoms with Gasteiger partial charge >= 0.3 is 0 Å². The van der Waals surface area contributed by atoms with E-state index >= 15 is 0 Å². The van der Waals surface area contributed by atoms with Gasteiger partial charge in [-0.1, -0.05) is 23.7 Å². The summed E-state index contributed by atoms with van der Waals surface area (Å²) in [6, 6.07) is 8.00. The Kier molecular flexibility index (Phi) is 7.94. The van der Waals surface area contributed by atoms with Gasteiger partial charge in [0.05, 0.1) is 13.2 Å². The second-order valence-corrected chi connectivity index (χ2v) is 8.36. The smallest absolute Gasteiger partial charge is 0.169 e. The molecule has 0 aromatic heterocycles. The molecule has 140 valence electrons. The van der Waals surface area contributed by atoms with Gasteiger partial charge in [0, 0.05) is 43.3 Å². The van der Waals surface area contributed by atoms with Gasteiger partial charge in [0.2, 0.25) is 0 Å². The summed E-state index contributed by atoms with van der Waals surface area (Å²) in [5, 5.41) is 5.01. The molecule has 1 N–H and O–H groups in total. The van der Waals surface area contributed by atoms with Crippen LogP contribution >= 0.6 is 23.8 Å². The Labute approximate surface area is 162 Å². The molecule has 0 bridgehead atoms. The Bertz CT molecular complexity index is 539. The van der Waals surface area contributed by atoms with E-state index in [0.29, 0.717) is 0 Å². The molecule has 0 radical (unpaired) electrons. The number of thiocarbonyl (C=S) groups is 1. The largest absolute Gasteiger partial charge is 0.379 e. The quantitative estimate of drug-likeness (QED) is 0.758. The summed E-state index contributed by atoms with van der Waals surface area (Å²) in [4.78, 5) is 4.72. The van der Waals surface area contributed by atoms with Gasteiger partial charge in [0.1, 0.15) is 0 Å². The zero-order chi connectivity index (χ0) is 18.3. The van der Waals surface area contributed by atoms with E-state index in [0.717, 1.165) is 62.5 Å². The summed E-state index contributed by atoms with van der Waals surface area (Å²) in [7, 11) is 0. The predicted molar refractivity (Wildman–Crippen MR) is 109 cm³/mol. The molecule has 2 rings (SSSR count). The minimum atomic E-state index is -0.0421. The fraction of sp³-hybridized carbons (Fsp3) is 0.632. The Morgan fingerprint density at radius 2 is 1.88 bits per heavy atom. The minimum Gasteiger partial charge on any atom is -0.379 e. The van der Waals surface area contributed by atoms with Gasteiger partial charge in [0.25, 0.3) is 0 Å². The SMILES string of the molecule is CC(C)(C)NC(=S)N(CCCN1CCOCC1)Cc1ccc(Cl)cc1. The molecule has 0 aliphatic carbocycles. The number of benzene rings is 1. The highest BCUT2D eigenvalue weighted by Crippen LogP contribution is 2.13. The van der Waals surface area contributed by atoms with Crippen LogP contribution in [0.3, 0.4) is 0 Å². The lowest BCUT2D eigenvalue weighted by atomic mass is 10.1. The summed E-state index contributed by atoms with van der Waals surface area (Å²) >= 11 is 11.7. The lowest BCUT2D eigenvalue weighted by molar-refractivity contribution is 0.0367. The number of ether oxygens (including phenoxy) is 1. The molecular formula is C19H30ClN3OS. The zero-order valence-corrected chi connectivity index (χ0v) is 17.1. The molecule has 1 aliphatic heterocycles. The maximum Gasteiger partial charge on any atom is 0.169 e. The average molecular weight is 384 g/mol. The first-order valence-corrected chi connectivity index (χ1v) is 9.74. The van der Waals surface area contributed by atoms with E-state index in [-0.39, 0.29) is 5.54 Å². The number of nitrogens with zero attached hydrogens (tertiary/aromatic N) is 2. The van der Waals surface area contributed by atoms with Gasteiger partial charge in [0.15, 0.2) is 5.11 Å². The molecule has 0 saturated carbocycles. The second-order valence-electron chi connectivity index (χ2n) is 7.54. The number of morpholine rings is 1. The van der Waals surface area contributed by atoms with Crippen molar-refractivity contribution >= 4 is 28.9 Å².